The SMILES string of the molecule is CCCCCCCCCCCCN(CCOP(=O)(O)O)c1ccc(N=Nc2nc(Cl)c(C=O)s2)cc1. The Morgan fingerprint density at radius 1 is 1.00 bits per heavy atom. The number of aldehydes is 1. The highest BCUT2D eigenvalue weighted by molar-refractivity contribution is 7.46. The van der Waals surface area contributed by atoms with Gasteiger partial charge < -0.3 is 14.7 Å². The summed E-state index contributed by atoms with van der Waals surface area (Å²) in [5.41, 5.74) is 1.50. The molecule has 200 valence electrons. The lowest BCUT2D eigenvalue weighted by atomic mass is 10.1. The maximum absolute atomic E-state index is 11.1. The third kappa shape index (κ3) is 12.5. The number of phosphoric ester groups is 1. The van der Waals surface area contributed by atoms with Crippen LogP contribution in [0.4, 0.5) is 16.5 Å². The summed E-state index contributed by atoms with van der Waals surface area (Å²) >= 11 is 6.91. The lowest BCUT2D eigenvalue weighted by molar-refractivity contribution is 0.112. The first kappa shape index (κ1) is 30.5. The molecule has 0 amide bonds. The van der Waals surface area contributed by atoms with Gasteiger partial charge in [0, 0.05) is 18.8 Å². The molecule has 0 radical (unpaired) electrons. The van der Waals surface area contributed by atoms with Gasteiger partial charge >= 0.3 is 7.82 Å². The number of phosphoric acid groups is 1. The molecular weight excluding hydrogens is 523 g/mol. The van der Waals surface area contributed by atoms with Crippen molar-refractivity contribution in [3.8, 4) is 0 Å². The van der Waals surface area contributed by atoms with Crippen LogP contribution < -0.4 is 4.90 Å². The zero-order chi connectivity index (χ0) is 26.2. The van der Waals surface area contributed by atoms with Gasteiger partial charge in [-0.2, -0.15) is 0 Å². The van der Waals surface area contributed by atoms with Crippen molar-refractivity contribution in [2.45, 2.75) is 71.1 Å². The molecule has 2 aromatic rings. The normalized spacial score (nSPS) is 11.9. The fourth-order valence-corrected chi connectivity index (χ4v) is 4.88. The van der Waals surface area contributed by atoms with Crippen molar-refractivity contribution in [1.29, 1.82) is 0 Å². The molecule has 0 aliphatic carbocycles. The number of benzene rings is 1. The number of anilines is 1. The van der Waals surface area contributed by atoms with Crippen molar-refractivity contribution < 1.29 is 23.7 Å². The van der Waals surface area contributed by atoms with Crippen LogP contribution in [0.2, 0.25) is 5.15 Å². The number of hydrogen-bond donors (Lipinski definition) is 2. The summed E-state index contributed by atoms with van der Waals surface area (Å²) in [6.07, 6.45) is 13.0. The molecule has 0 unspecified atom stereocenters. The van der Waals surface area contributed by atoms with Gasteiger partial charge in [-0.25, -0.2) is 9.55 Å². The van der Waals surface area contributed by atoms with Crippen molar-refractivity contribution >= 4 is 53.6 Å². The highest BCUT2D eigenvalue weighted by atomic mass is 35.5. The van der Waals surface area contributed by atoms with Crippen molar-refractivity contribution in [2.75, 3.05) is 24.6 Å². The smallest absolute Gasteiger partial charge is 0.369 e. The average Bonchev–Trinajstić information content (AvgIpc) is 3.22. The third-order valence-corrected chi connectivity index (χ3v) is 7.36. The van der Waals surface area contributed by atoms with Gasteiger partial charge in [0.2, 0.25) is 5.13 Å². The number of carbonyl (C=O) groups excluding carboxylic acids is 1. The lowest BCUT2D eigenvalue weighted by Gasteiger charge is -2.25. The summed E-state index contributed by atoms with van der Waals surface area (Å²) in [4.78, 5) is 35.2. The number of hydrogen-bond acceptors (Lipinski definition) is 8. The number of nitrogens with zero attached hydrogens (tertiary/aromatic N) is 4. The van der Waals surface area contributed by atoms with Crippen LogP contribution in [0, 0.1) is 0 Å². The number of carbonyl (C=O) groups is 1. The second-order valence-corrected chi connectivity index (χ2v) is 11.1. The van der Waals surface area contributed by atoms with Gasteiger partial charge in [0.05, 0.1) is 12.3 Å². The number of halogens is 1. The number of azo groups is 1. The average molecular weight is 559 g/mol. The summed E-state index contributed by atoms with van der Waals surface area (Å²) in [6, 6.07) is 7.36. The predicted octanol–water partition coefficient (Wildman–Crippen LogP) is 7.86. The molecule has 2 rings (SSSR count). The molecule has 1 aromatic carbocycles. The first-order chi connectivity index (χ1) is 17.3. The fourth-order valence-electron chi connectivity index (χ4n) is 3.68. The van der Waals surface area contributed by atoms with Crippen LogP contribution in [-0.4, -0.2) is 40.8 Å². The molecule has 0 fully saturated rings. The largest absolute Gasteiger partial charge is 0.469 e. The Balaban J connectivity index is 1.86. The zero-order valence-electron chi connectivity index (χ0n) is 20.7. The van der Waals surface area contributed by atoms with Crippen molar-refractivity contribution in [3.05, 3.63) is 34.3 Å². The van der Waals surface area contributed by atoms with Crippen LogP contribution in [0.5, 0.6) is 0 Å². The maximum Gasteiger partial charge on any atom is 0.469 e. The highest BCUT2D eigenvalue weighted by Gasteiger charge is 2.15. The quantitative estimate of drug-likeness (QED) is 0.0777. The predicted molar refractivity (Wildman–Crippen MR) is 145 cm³/mol. The second kappa shape index (κ2) is 16.9. The molecule has 0 spiro atoms. The number of rotatable bonds is 19. The zero-order valence-corrected chi connectivity index (χ0v) is 23.2. The number of thiazole rings is 1. The van der Waals surface area contributed by atoms with Gasteiger partial charge in [-0.1, -0.05) is 87.6 Å². The van der Waals surface area contributed by atoms with E-state index in [0.29, 0.717) is 28.5 Å². The van der Waals surface area contributed by atoms with E-state index in [9.17, 15) is 9.36 Å². The van der Waals surface area contributed by atoms with Crippen LogP contribution in [0.15, 0.2) is 34.5 Å². The third-order valence-electron chi connectivity index (χ3n) is 5.57. The van der Waals surface area contributed by atoms with Crippen molar-refractivity contribution in [3.63, 3.8) is 0 Å². The van der Waals surface area contributed by atoms with Gasteiger partial charge in [-0.15, -0.1) is 10.2 Å². The van der Waals surface area contributed by atoms with E-state index in [1.807, 2.05) is 12.1 Å². The summed E-state index contributed by atoms with van der Waals surface area (Å²) in [5.74, 6) is 0. The maximum atomic E-state index is 11.1. The van der Waals surface area contributed by atoms with Gasteiger partial charge in [0.1, 0.15) is 4.88 Å². The first-order valence-electron chi connectivity index (χ1n) is 12.4. The first-order valence-corrected chi connectivity index (χ1v) is 15.1. The lowest BCUT2D eigenvalue weighted by Crippen LogP contribution is -2.28. The Bertz CT molecular complexity index is 983. The minimum absolute atomic E-state index is 0.0760. The molecule has 0 saturated heterocycles. The highest BCUT2D eigenvalue weighted by Crippen LogP contribution is 2.35. The molecule has 12 heteroatoms. The van der Waals surface area contributed by atoms with Crippen LogP contribution >= 0.6 is 30.8 Å². The van der Waals surface area contributed by atoms with E-state index >= 15 is 0 Å². The fraction of sp³-hybridized carbons (Fsp3) is 0.583. The monoisotopic (exact) mass is 558 g/mol. The van der Waals surface area contributed by atoms with E-state index in [1.165, 1.54) is 51.4 Å². The Morgan fingerprint density at radius 3 is 2.17 bits per heavy atom. The molecule has 0 atom stereocenters. The Kier molecular flexibility index (Phi) is 14.4. The molecule has 0 bridgehead atoms. The molecule has 36 heavy (non-hydrogen) atoms. The molecule has 0 aliphatic heterocycles. The molecule has 2 N–H and O–H groups in total. The second-order valence-electron chi connectivity index (χ2n) is 8.48. The van der Waals surface area contributed by atoms with E-state index in [1.54, 1.807) is 12.1 Å². The minimum Gasteiger partial charge on any atom is -0.369 e. The standard InChI is InChI=1S/C24H36ClN4O5PS/c1-2-3-4-5-6-7-8-9-10-11-16-29(17-18-34-35(31,32)33)21-14-12-20(13-15-21)27-28-24-26-23(25)22(19-30)36-24/h12-15,19H,2-11,16-18H2,1H3,(H2,31,32,33). The molecule has 0 saturated carbocycles. The molecule has 1 aromatic heterocycles. The molecule has 1 heterocycles. The van der Waals surface area contributed by atoms with Gasteiger partial charge in [0.25, 0.3) is 0 Å². The summed E-state index contributed by atoms with van der Waals surface area (Å²) in [6.45, 7) is 3.27. The van der Waals surface area contributed by atoms with E-state index < -0.39 is 7.82 Å². The van der Waals surface area contributed by atoms with Crippen LogP contribution in [0.25, 0.3) is 0 Å². The topological polar surface area (TPSA) is 125 Å². The number of aromatic nitrogens is 1. The van der Waals surface area contributed by atoms with Crippen molar-refractivity contribution in [2.24, 2.45) is 10.2 Å². The van der Waals surface area contributed by atoms with Gasteiger partial charge in [-0.05, 0) is 30.7 Å². The van der Waals surface area contributed by atoms with Gasteiger partial charge in [-0.3, -0.25) is 9.32 Å². The Hall–Kier alpha value is -1.68. The van der Waals surface area contributed by atoms with E-state index in [0.717, 1.165) is 36.4 Å². The van der Waals surface area contributed by atoms with E-state index in [-0.39, 0.29) is 11.8 Å². The molecular formula is C24H36ClN4O5PS. The van der Waals surface area contributed by atoms with Crippen LogP contribution in [-0.2, 0) is 9.09 Å². The Morgan fingerprint density at radius 2 is 1.61 bits per heavy atom. The summed E-state index contributed by atoms with van der Waals surface area (Å²) in [7, 11) is -4.51. The number of unbranched alkanes of at least 4 members (excludes halogenated alkanes) is 9. The van der Waals surface area contributed by atoms with Crippen LogP contribution in [0.3, 0.4) is 0 Å². The molecule has 9 nitrogen and oxygen atoms in total. The molecule has 0 aliphatic rings. The van der Waals surface area contributed by atoms with E-state index in [2.05, 4.69) is 31.6 Å². The van der Waals surface area contributed by atoms with E-state index in [4.69, 9.17) is 21.4 Å². The van der Waals surface area contributed by atoms with Crippen LogP contribution in [0.1, 0.15) is 80.8 Å². The minimum atomic E-state index is -4.51. The van der Waals surface area contributed by atoms with Crippen molar-refractivity contribution in [1.82, 2.24) is 4.98 Å². The summed E-state index contributed by atoms with van der Waals surface area (Å²) < 4.78 is 15.7. The Labute approximate surface area is 222 Å². The van der Waals surface area contributed by atoms with Gasteiger partial charge in [0.15, 0.2) is 11.4 Å². The summed E-state index contributed by atoms with van der Waals surface area (Å²) in [5, 5.41) is 8.58.